The number of aliphatic hydroxyl groups is 1. The van der Waals surface area contributed by atoms with Crippen LogP contribution in [0.2, 0.25) is 0 Å². The molecular formula is C21H29N3O7. The summed E-state index contributed by atoms with van der Waals surface area (Å²) in [5, 5.41) is 27.0. The number of hydrogen-bond donors (Lipinski definition) is 5. The maximum Gasteiger partial charge on any atom is 0.326 e. The van der Waals surface area contributed by atoms with Crippen molar-refractivity contribution in [3.63, 3.8) is 0 Å². The Labute approximate surface area is 180 Å². The van der Waals surface area contributed by atoms with Crippen molar-refractivity contribution in [1.82, 2.24) is 16.0 Å². The number of hydrogen-bond acceptors (Lipinski definition) is 6. The first-order valence-corrected chi connectivity index (χ1v) is 10.1. The van der Waals surface area contributed by atoms with Crippen molar-refractivity contribution in [2.75, 3.05) is 6.61 Å². The van der Waals surface area contributed by atoms with E-state index < -0.39 is 47.9 Å². The highest BCUT2D eigenvalue weighted by Gasteiger charge is 2.30. The minimum atomic E-state index is -1.32. The van der Waals surface area contributed by atoms with E-state index in [0.29, 0.717) is 0 Å². The third-order valence-corrected chi connectivity index (χ3v) is 5.03. The molecule has 2 rings (SSSR count). The molecule has 0 aromatic heterocycles. The van der Waals surface area contributed by atoms with Crippen LogP contribution in [-0.2, 0) is 14.4 Å². The Morgan fingerprint density at radius 1 is 1.10 bits per heavy atom. The summed E-state index contributed by atoms with van der Waals surface area (Å²) in [5.41, 5.74) is 0.142. The summed E-state index contributed by atoms with van der Waals surface area (Å²) >= 11 is 0. The molecule has 4 atom stereocenters. The molecule has 0 fully saturated rings. The van der Waals surface area contributed by atoms with Crippen LogP contribution in [0.5, 0.6) is 5.75 Å². The van der Waals surface area contributed by atoms with Crippen LogP contribution in [0.1, 0.15) is 44.0 Å². The third kappa shape index (κ3) is 6.68. The molecule has 1 heterocycles. The lowest BCUT2D eigenvalue weighted by Crippen LogP contribution is -2.56. The number of aliphatic carboxylic acids is 1. The predicted molar refractivity (Wildman–Crippen MR) is 110 cm³/mol. The molecule has 170 valence electrons. The minimum absolute atomic E-state index is 0.0243. The predicted octanol–water partition coefficient (Wildman–Crippen LogP) is 0.0486. The molecule has 1 aliphatic heterocycles. The number of fused-ring (bicyclic) bond motifs is 1. The van der Waals surface area contributed by atoms with Crippen molar-refractivity contribution < 1.29 is 34.1 Å². The van der Waals surface area contributed by atoms with Gasteiger partial charge in [-0.15, -0.1) is 0 Å². The second kappa shape index (κ2) is 10.8. The van der Waals surface area contributed by atoms with Gasteiger partial charge < -0.3 is 30.9 Å². The Morgan fingerprint density at radius 3 is 2.39 bits per heavy atom. The van der Waals surface area contributed by atoms with Crippen LogP contribution in [0.25, 0.3) is 0 Å². The average molecular weight is 435 g/mol. The van der Waals surface area contributed by atoms with Crippen molar-refractivity contribution in [3.05, 3.63) is 29.8 Å². The largest absolute Gasteiger partial charge is 0.491 e. The molecule has 0 radical (unpaired) electrons. The second-order valence-corrected chi connectivity index (χ2v) is 7.86. The number of para-hydroxylation sites is 1. The minimum Gasteiger partial charge on any atom is -0.491 e. The number of carbonyl (C=O) groups is 4. The van der Waals surface area contributed by atoms with Crippen LogP contribution in [0.4, 0.5) is 0 Å². The van der Waals surface area contributed by atoms with Gasteiger partial charge in [0, 0.05) is 6.42 Å². The summed E-state index contributed by atoms with van der Waals surface area (Å²) in [6.45, 7) is 5.13. The molecule has 0 saturated carbocycles. The summed E-state index contributed by atoms with van der Waals surface area (Å²) in [5.74, 6) is -2.96. The monoisotopic (exact) mass is 435 g/mol. The molecule has 10 nitrogen and oxygen atoms in total. The van der Waals surface area contributed by atoms with E-state index in [4.69, 9.17) is 4.74 Å². The lowest BCUT2D eigenvalue weighted by Gasteiger charge is -2.27. The van der Waals surface area contributed by atoms with Gasteiger partial charge in [-0.25, -0.2) is 4.79 Å². The molecule has 10 heteroatoms. The molecule has 1 aromatic rings. The summed E-state index contributed by atoms with van der Waals surface area (Å²) in [4.78, 5) is 49.3. The van der Waals surface area contributed by atoms with Gasteiger partial charge in [-0.05, 0) is 31.4 Å². The molecule has 0 unspecified atom stereocenters. The van der Waals surface area contributed by atoms with Crippen molar-refractivity contribution >= 4 is 23.7 Å². The van der Waals surface area contributed by atoms with Crippen LogP contribution in [0.3, 0.4) is 0 Å². The van der Waals surface area contributed by atoms with Crippen molar-refractivity contribution in [2.24, 2.45) is 5.92 Å². The highest BCUT2D eigenvalue weighted by Crippen LogP contribution is 2.19. The first-order chi connectivity index (χ1) is 14.6. The number of benzene rings is 1. The standard InChI is InChI=1S/C21H29N3O7/c1-11(2)15-10-31-16-7-5-4-6-13(16)19(27)22-14(21(29)30)8-9-17(26)24-18(12(3)25)20(28)23-15/h4-7,11-12,14-15,18,25H,8-10H2,1-3H3,(H,22,27)(H,23,28)(H,24,26)(H,29,30)/t12-,14+,15-,18+/m1/s1. The van der Waals surface area contributed by atoms with E-state index in [1.54, 1.807) is 18.2 Å². The van der Waals surface area contributed by atoms with Crippen LogP contribution >= 0.6 is 0 Å². The lowest BCUT2D eigenvalue weighted by atomic mass is 10.0. The van der Waals surface area contributed by atoms with Gasteiger partial charge in [0.05, 0.1) is 17.7 Å². The number of amides is 3. The van der Waals surface area contributed by atoms with E-state index in [0.717, 1.165) is 0 Å². The average Bonchev–Trinajstić information content (AvgIpc) is 2.71. The number of ether oxygens (including phenoxy) is 1. The van der Waals surface area contributed by atoms with E-state index in [2.05, 4.69) is 16.0 Å². The fourth-order valence-electron chi connectivity index (χ4n) is 3.05. The van der Waals surface area contributed by atoms with Gasteiger partial charge in [0.2, 0.25) is 11.8 Å². The Bertz CT molecular complexity index is 825. The first-order valence-electron chi connectivity index (χ1n) is 10.1. The van der Waals surface area contributed by atoms with E-state index in [9.17, 15) is 29.4 Å². The molecular weight excluding hydrogens is 406 g/mol. The quantitative estimate of drug-likeness (QED) is 0.449. The molecule has 1 aliphatic rings. The number of carbonyl (C=O) groups excluding carboxylic acids is 3. The molecule has 0 saturated heterocycles. The maximum absolute atomic E-state index is 12.7. The van der Waals surface area contributed by atoms with Crippen LogP contribution < -0.4 is 20.7 Å². The SMILES string of the molecule is CC(C)[C@H]1COc2ccccc2C(=O)N[C@H](C(=O)O)CCC(=O)N[C@@H]([C@@H](C)O)C(=O)N1. The molecule has 31 heavy (non-hydrogen) atoms. The molecule has 3 amide bonds. The summed E-state index contributed by atoms with van der Waals surface area (Å²) in [6.07, 6.45) is -1.64. The van der Waals surface area contributed by atoms with Gasteiger partial charge in [-0.3, -0.25) is 14.4 Å². The smallest absolute Gasteiger partial charge is 0.326 e. The Morgan fingerprint density at radius 2 is 1.77 bits per heavy atom. The van der Waals surface area contributed by atoms with Crippen LogP contribution in [0.15, 0.2) is 24.3 Å². The van der Waals surface area contributed by atoms with Crippen LogP contribution in [-0.4, -0.2) is 64.7 Å². The summed E-state index contributed by atoms with van der Waals surface area (Å²) < 4.78 is 5.80. The zero-order valence-electron chi connectivity index (χ0n) is 17.8. The summed E-state index contributed by atoms with van der Waals surface area (Å²) in [6, 6.07) is 3.35. The maximum atomic E-state index is 12.7. The Balaban J connectivity index is 2.39. The number of carboxylic acids is 1. The number of aliphatic hydroxyl groups excluding tert-OH is 1. The molecule has 1 aromatic carbocycles. The summed E-state index contributed by atoms with van der Waals surface area (Å²) in [7, 11) is 0. The Kier molecular flexibility index (Phi) is 8.38. The van der Waals surface area contributed by atoms with E-state index in [-0.39, 0.29) is 36.7 Å². The lowest BCUT2D eigenvalue weighted by molar-refractivity contribution is -0.139. The van der Waals surface area contributed by atoms with Gasteiger partial charge in [-0.1, -0.05) is 26.0 Å². The Hall–Kier alpha value is -3.14. The normalized spacial score (nSPS) is 24.4. The van der Waals surface area contributed by atoms with Gasteiger partial charge >= 0.3 is 5.97 Å². The van der Waals surface area contributed by atoms with Crippen molar-refractivity contribution in [3.8, 4) is 5.75 Å². The molecule has 0 bridgehead atoms. The second-order valence-electron chi connectivity index (χ2n) is 7.86. The van der Waals surface area contributed by atoms with E-state index >= 15 is 0 Å². The molecule has 0 aliphatic carbocycles. The zero-order valence-corrected chi connectivity index (χ0v) is 17.8. The van der Waals surface area contributed by atoms with E-state index in [1.807, 2.05) is 13.8 Å². The van der Waals surface area contributed by atoms with Crippen molar-refractivity contribution in [2.45, 2.75) is 57.8 Å². The third-order valence-electron chi connectivity index (χ3n) is 5.03. The van der Waals surface area contributed by atoms with Crippen molar-refractivity contribution in [1.29, 1.82) is 0 Å². The fraction of sp³-hybridized carbons (Fsp3) is 0.524. The van der Waals surface area contributed by atoms with Gasteiger partial charge in [0.15, 0.2) is 0 Å². The topological polar surface area (TPSA) is 154 Å². The van der Waals surface area contributed by atoms with Crippen LogP contribution in [0, 0.1) is 5.92 Å². The number of rotatable bonds is 3. The molecule has 5 N–H and O–H groups in total. The van der Waals surface area contributed by atoms with E-state index in [1.165, 1.54) is 13.0 Å². The fourth-order valence-corrected chi connectivity index (χ4v) is 3.05. The number of carboxylic acid groups (broad SMARTS) is 1. The van der Waals surface area contributed by atoms with Gasteiger partial charge in [0.1, 0.15) is 24.4 Å². The highest BCUT2D eigenvalue weighted by molar-refractivity contribution is 5.99. The zero-order chi connectivity index (χ0) is 23.1. The van der Waals surface area contributed by atoms with Gasteiger partial charge in [0.25, 0.3) is 5.91 Å². The molecule has 0 spiro atoms. The number of nitrogens with one attached hydrogen (secondary N) is 3. The highest BCUT2D eigenvalue weighted by atomic mass is 16.5. The van der Waals surface area contributed by atoms with Gasteiger partial charge in [-0.2, -0.15) is 0 Å². The first kappa shape index (κ1) is 24.1.